The van der Waals surface area contributed by atoms with E-state index in [-0.39, 0.29) is 11.6 Å². The number of hydrogen-bond donors (Lipinski definition) is 1. The molecule has 154 valence electrons. The molecule has 0 atom stereocenters. The Morgan fingerprint density at radius 1 is 1.21 bits per heavy atom. The predicted molar refractivity (Wildman–Crippen MR) is 112 cm³/mol. The number of nitrogens with zero attached hydrogens (tertiary/aromatic N) is 3. The molecule has 0 radical (unpaired) electrons. The van der Waals surface area contributed by atoms with E-state index in [9.17, 15) is 14.9 Å². The van der Waals surface area contributed by atoms with Gasteiger partial charge in [-0.25, -0.2) is 0 Å². The summed E-state index contributed by atoms with van der Waals surface area (Å²) in [6.07, 6.45) is 0. The maximum absolute atomic E-state index is 12.3. The van der Waals surface area contributed by atoms with Crippen molar-refractivity contribution < 1.29 is 14.5 Å². The summed E-state index contributed by atoms with van der Waals surface area (Å²) in [5.74, 6) is 0.462. The van der Waals surface area contributed by atoms with Crippen LogP contribution in [0.2, 0.25) is 5.02 Å². The van der Waals surface area contributed by atoms with E-state index in [1.165, 1.54) is 19.2 Å². The molecule has 2 aromatic carbocycles. The number of anilines is 1. The molecule has 9 heteroatoms. The molecule has 8 nitrogen and oxygen atoms in total. The maximum Gasteiger partial charge on any atom is 0.270 e. The van der Waals surface area contributed by atoms with Gasteiger partial charge in [-0.1, -0.05) is 11.6 Å². The van der Waals surface area contributed by atoms with E-state index in [0.717, 1.165) is 24.4 Å². The van der Waals surface area contributed by atoms with E-state index >= 15 is 0 Å². The number of nitro groups is 1. The number of carbonyl (C=O) groups excluding carboxylic acids is 1. The minimum absolute atomic E-state index is 0.0981. The summed E-state index contributed by atoms with van der Waals surface area (Å²) in [6, 6.07) is 9.99. The van der Waals surface area contributed by atoms with Crippen molar-refractivity contribution in [2.45, 2.75) is 6.54 Å². The van der Waals surface area contributed by atoms with E-state index in [1.54, 1.807) is 19.2 Å². The molecule has 0 aliphatic carbocycles. The first-order valence-electron chi connectivity index (χ1n) is 9.23. The Morgan fingerprint density at radius 3 is 2.55 bits per heavy atom. The highest BCUT2D eigenvalue weighted by molar-refractivity contribution is 6.30. The minimum atomic E-state index is -0.494. The third-order valence-corrected chi connectivity index (χ3v) is 5.25. The van der Waals surface area contributed by atoms with Crippen LogP contribution in [0.1, 0.15) is 15.9 Å². The Hall–Kier alpha value is -2.84. The van der Waals surface area contributed by atoms with Crippen LogP contribution in [-0.2, 0) is 6.54 Å². The van der Waals surface area contributed by atoms with Crippen LogP contribution < -0.4 is 15.0 Å². The van der Waals surface area contributed by atoms with E-state index < -0.39 is 4.92 Å². The summed E-state index contributed by atoms with van der Waals surface area (Å²) in [4.78, 5) is 27.2. The average Bonchev–Trinajstić information content (AvgIpc) is 2.73. The predicted octanol–water partition coefficient (Wildman–Crippen LogP) is 2.94. The van der Waals surface area contributed by atoms with Gasteiger partial charge in [-0.3, -0.25) is 19.8 Å². The number of hydrogen-bond acceptors (Lipinski definition) is 6. The summed E-state index contributed by atoms with van der Waals surface area (Å²) in [6.45, 7) is 3.66. The molecule has 1 fully saturated rings. The van der Waals surface area contributed by atoms with Crippen LogP contribution >= 0.6 is 11.6 Å². The Kier molecular flexibility index (Phi) is 6.56. The van der Waals surface area contributed by atoms with Crippen molar-refractivity contribution in [3.63, 3.8) is 0 Å². The van der Waals surface area contributed by atoms with Gasteiger partial charge in [0, 0.05) is 62.5 Å². The Morgan fingerprint density at radius 2 is 1.93 bits per heavy atom. The zero-order chi connectivity index (χ0) is 21.0. The van der Waals surface area contributed by atoms with Crippen molar-refractivity contribution in [1.82, 2.24) is 10.2 Å². The number of rotatable bonds is 6. The molecule has 1 N–H and O–H groups in total. The standard InChI is InChI=1S/C20H23ClN4O4/c1-22-20(26)17-12-16(25(27)28)4-5-18(17)24-9-7-23(8-10-24)13-14-11-15(21)3-6-19(14)29-2/h3-6,11-12H,7-10,13H2,1-2H3,(H,22,26). The van der Waals surface area contributed by atoms with E-state index in [0.29, 0.717) is 35.9 Å². The highest BCUT2D eigenvalue weighted by Crippen LogP contribution is 2.28. The number of methoxy groups -OCH3 is 1. The molecule has 1 heterocycles. The Labute approximate surface area is 174 Å². The Bertz CT molecular complexity index is 913. The second kappa shape index (κ2) is 9.11. The van der Waals surface area contributed by atoms with E-state index in [1.807, 2.05) is 12.1 Å². The summed E-state index contributed by atoms with van der Waals surface area (Å²) in [5.41, 5.74) is 1.94. The molecule has 2 aromatic rings. The number of carbonyl (C=O) groups is 1. The lowest BCUT2D eigenvalue weighted by molar-refractivity contribution is -0.384. The van der Waals surface area contributed by atoms with Crippen molar-refractivity contribution in [3.8, 4) is 5.75 Å². The molecule has 29 heavy (non-hydrogen) atoms. The minimum Gasteiger partial charge on any atom is -0.496 e. The molecular weight excluding hydrogens is 396 g/mol. The summed E-state index contributed by atoms with van der Waals surface area (Å²) in [7, 11) is 3.15. The molecule has 0 bridgehead atoms. The van der Waals surface area contributed by atoms with Crippen molar-refractivity contribution in [1.29, 1.82) is 0 Å². The van der Waals surface area contributed by atoms with Gasteiger partial charge in [0.05, 0.1) is 23.3 Å². The van der Waals surface area contributed by atoms with Crippen LogP contribution in [0.4, 0.5) is 11.4 Å². The van der Waals surface area contributed by atoms with Gasteiger partial charge in [-0.15, -0.1) is 0 Å². The number of benzene rings is 2. The molecule has 0 unspecified atom stereocenters. The lowest BCUT2D eigenvalue weighted by Gasteiger charge is -2.37. The van der Waals surface area contributed by atoms with Crippen molar-refractivity contribution in [2.24, 2.45) is 0 Å². The van der Waals surface area contributed by atoms with Gasteiger partial charge in [0.1, 0.15) is 5.75 Å². The SMILES string of the molecule is CNC(=O)c1cc([N+](=O)[O-])ccc1N1CCN(Cc2cc(Cl)ccc2OC)CC1. The number of halogens is 1. The van der Waals surface area contributed by atoms with Crippen molar-refractivity contribution in [2.75, 3.05) is 45.2 Å². The number of nitrogens with one attached hydrogen (secondary N) is 1. The van der Waals surface area contributed by atoms with Crippen LogP contribution in [0.25, 0.3) is 0 Å². The highest BCUT2D eigenvalue weighted by atomic mass is 35.5. The van der Waals surface area contributed by atoms with Gasteiger partial charge in [-0.2, -0.15) is 0 Å². The first kappa shape index (κ1) is 20.9. The van der Waals surface area contributed by atoms with E-state index in [4.69, 9.17) is 16.3 Å². The molecule has 1 aliphatic rings. The van der Waals surface area contributed by atoms with E-state index in [2.05, 4.69) is 15.1 Å². The molecule has 1 aliphatic heterocycles. The molecule has 0 saturated carbocycles. The lowest BCUT2D eigenvalue weighted by atomic mass is 10.1. The first-order valence-corrected chi connectivity index (χ1v) is 9.61. The zero-order valence-electron chi connectivity index (χ0n) is 16.4. The van der Waals surface area contributed by atoms with Gasteiger partial charge in [-0.05, 0) is 24.3 Å². The maximum atomic E-state index is 12.3. The van der Waals surface area contributed by atoms with Crippen molar-refractivity contribution in [3.05, 3.63) is 62.7 Å². The molecular formula is C20H23ClN4O4. The zero-order valence-corrected chi connectivity index (χ0v) is 17.1. The van der Waals surface area contributed by atoms with Gasteiger partial charge in [0.15, 0.2) is 0 Å². The fraction of sp³-hybridized carbons (Fsp3) is 0.350. The number of amides is 1. The topological polar surface area (TPSA) is 87.9 Å². The quantitative estimate of drug-likeness (QED) is 0.573. The van der Waals surface area contributed by atoms with Crippen LogP contribution in [0.5, 0.6) is 5.75 Å². The monoisotopic (exact) mass is 418 g/mol. The number of nitro benzene ring substituents is 1. The molecule has 3 rings (SSSR count). The summed E-state index contributed by atoms with van der Waals surface area (Å²) in [5, 5.41) is 14.3. The first-order chi connectivity index (χ1) is 13.9. The number of ether oxygens (including phenoxy) is 1. The number of piperazine rings is 1. The molecule has 1 saturated heterocycles. The average molecular weight is 419 g/mol. The lowest BCUT2D eigenvalue weighted by Crippen LogP contribution is -2.46. The van der Waals surface area contributed by atoms with Gasteiger partial charge in [0.2, 0.25) is 0 Å². The molecule has 1 amide bonds. The smallest absolute Gasteiger partial charge is 0.270 e. The van der Waals surface area contributed by atoms with Crippen LogP contribution in [0.3, 0.4) is 0 Å². The molecule has 0 aromatic heterocycles. The normalized spacial score (nSPS) is 14.5. The van der Waals surface area contributed by atoms with Crippen LogP contribution in [0.15, 0.2) is 36.4 Å². The fourth-order valence-corrected chi connectivity index (χ4v) is 3.68. The number of non-ortho nitro benzene ring substituents is 1. The second-order valence-corrected chi connectivity index (χ2v) is 7.19. The van der Waals surface area contributed by atoms with Gasteiger partial charge in [0.25, 0.3) is 11.6 Å². The van der Waals surface area contributed by atoms with Gasteiger partial charge >= 0.3 is 0 Å². The largest absolute Gasteiger partial charge is 0.496 e. The van der Waals surface area contributed by atoms with Crippen molar-refractivity contribution >= 4 is 28.9 Å². The highest BCUT2D eigenvalue weighted by Gasteiger charge is 2.24. The van der Waals surface area contributed by atoms with Crippen LogP contribution in [0, 0.1) is 10.1 Å². The van der Waals surface area contributed by atoms with Crippen LogP contribution in [-0.4, -0.2) is 56.1 Å². The summed E-state index contributed by atoms with van der Waals surface area (Å²) >= 11 is 6.12. The van der Waals surface area contributed by atoms with Gasteiger partial charge < -0.3 is 15.0 Å². The summed E-state index contributed by atoms with van der Waals surface area (Å²) < 4.78 is 5.42. The third kappa shape index (κ3) is 4.78. The third-order valence-electron chi connectivity index (χ3n) is 5.01. The second-order valence-electron chi connectivity index (χ2n) is 6.76. The molecule has 0 spiro atoms. The Balaban J connectivity index is 1.73. The fourth-order valence-electron chi connectivity index (χ4n) is 3.49.